The Morgan fingerprint density at radius 1 is 1.07 bits per heavy atom. The number of carbonyl (C=O) groups is 1. The summed E-state index contributed by atoms with van der Waals surface area (Å²) in [5.41, 5.74) is 1.22. The molecule has 1 saturated heterocycles. The van der Waals surface area contributed by atoms with Crippen LogP contribution < -0.4 is 4.90 Å². The second-order valence-electron chi connectivity index (χ2n) is 5.98. The van der Waals surface area contributed by atoms with E-state index in [9.17, 15) is 20.2 Å². The van der Waals surface area contributed by atoms with E-state index in [1.165, 1.54) is 12.1 Å². The Balaban J connectivity index is 1.72. The highest BCUT2D eigenvalue weighted by molar-refractivity contribution is 6.42. The van der Waals surface area contributed by atoms with Crippen LogP contribution in [0.15, 0.2) is 36.4 Å². The molecular weight excluding hydrogens is 391 g/mol. The maximum absolute atomic E-state index is 12.6. The molecule has 27 heavy (non-hydrogen) atoms. The quantitative estimate of drug-likeness (QED) is 0.573. The monoisotopic (exact) mass is 404 g/mol. The van der Waals surface area contributed by atoms with Crippen LogP contribution >= 0.6 is 23.2 Å². The van der Waals surface area contributed by atoms with Gasteiger partial charge < -0.3 is 9.80 Å². The first-order valence-electron chi connectivity index (χ1n) is 8.08. The molecule has 2 aromatic carbocycles. The third-order valence-corrected chi connectivity index (χ3v) is 5.12. The number of anilines is 1. The molecule has 2 aromatic rings. The van der Waals surface area contributed by atoms with Crippen LogP contribution in [0.25, 0.3) is 0 Å². The lowest BCUT2D eigenvalue weighted by atomic mass is 10.1. The topological polar surface area (TPSA) is 90.5 Å². The Morgan fingerprint density at radius 3 is 2.37 bits per heavy atom. The van der Waals surface area contributed by atoms with Gasteiger partial charge in [0.1, 0.15) is 6.07 Å². The number of rotatable bonds is 3. The Labute approximate surface area is 165 Å². The third kappa shape index (κ3) is 3.97. The summed E-state index contributed by atoms with van der Waals surface area (Å²) in [6, 6.07) is 11.0. The van der Waals surface area contributed by atoms with Crippen LogP contribution in [0.5, 0.6) is 0 Å². The molecule has 0 bridgehead atoms. The van der Waals surface area contributed by atoms with Crippen molar-refractivity contribution in [2.75, 3.05) is 31.1 Å². The van der Waals surface area contributed by atoms with E-state index in [-0.39, 0.29) is 17.2 Å². The summed E-state index contributed by atoms with van der Waals surface area (Å²) >= 11 is 11.9. The lowest BCUT2D eigenvalue weighted by Crippen LogP contribution is -2.49. The number of hydrogen-bond donors (Lipinski definition) is 0. The number of non-ortho nitro benzene ring substituents is 1. The van der Waals surface area contributed by atoms with Gasteiger partial charge >= 0.3 is 0 Å². The minimum atomic E-state index is -0.529. The second kappa shape index (κ2) is 7.82. The van der Waals surface area contributed by atoms with Gasteiger partial charge in [-0.15, -0.1) is 0 Å². The Kier molecular flexibility index (Phi) is 5.49. The van der Waals surface area contributed by atoms with E-state index < -0.39 is 4.92 Å². The van der Waals surface area contributed by atoms with E-state index in [1.54, 1.807) is 29.2 Å². The lowest BCUT2D eigenvalue weighted by molar-refractivity contribution is -0.384. The zero-order chi connectivity index (χ0) is 19.6. The van der Waals surface area contributed by atoms with E-state index in [0.29, 0.717) is 47.5 Å². The molecule has 0 radical (unpaired) electrons. The van der Waals surface area contributed by atoms with Crippen molar-refractivity contribution in [3.05, 3.63) is 67.7 Å². The van der Waals surface area contributed by atoms with Gasteiger partial charge in [-0.1, -0.05) is 23.2 Å². The molecule has 1 amide bonds. The summed E-state index contributed by atoms with van der Waals surface area (Å²) in [6.45, 7) is 1.95. The molecule has 0 aromatic heterocycles. The fourth-order valence-corrected chi connectivity index (χ4v) is 3.26. The number of hydrogen-bond acceptors (Lipinski definition) is 5. The van der Waals surface area contributed by atoms with Crippen LogP contribution in [0.4, 0.5) is 11.4 Å². The molecule has 1 fully saturated rings. The van der Waals surface area contributed by atoms with Crippen molar-refractivity contribution in [1.82, 2.24) is 4.90 Å². The average Bonchev–Trinajstić information content (AvgIpc) is 2.69. The predicted octanol–water partition coefficient (Wildman–Crippen LogP) is 3.74. The number of nitriles is 1. The number of benzene rings is 2. The molecule has 138 valence electrons. The van der Waals surface area contributed by atoms with Gasteiger partial charge in [0.2, 0.25) is 0 Å². The van der Waals surface area contributed by atoms with Crippen molar-refractivity contribution in [3.8, 4) is 6.07 Å². The van der Waals surface area contributed by atoms with E-state index in [4.69, 9.17) is 23.2 Å². The van der Waals surface area contributed by atoms with Gasteiger partial charge in [0.25, 0.3) is 11.6 Å². The number of nitro benzene ring substituents is 1. The normalized spacial score (nSPS) is 14.0. The van der Waals surface area contributed by atoms with Crippen molar-refractivity contribution in [2.24, 2.45) is 0 Å². The van der Waals surface area contributed by atoms with Crippen LogP contribution in [-0.2, 0) is 0 Å². The molecular formula is C18H14Cl2N4O3. The fraction of sp³-hybridized carbons (Fsp3) is 0.222. The lowest BCUT2D eigenvalue weighted by Gasteiger charge is -2.36. The summed E-state index contributed by atoms with van der Waals surface area (Å²) in [6.07, 6.45) is 0. The van der Waals surface area contributed by atoms with Crippen LogP contribution in [-0.4, -0.2) is 41.9 Å². The maximum atomic E-state index is 12.6. The van der Waals surface area contributed by atoms with Gasteiger partial charge in [-0.25, -0.2) is 0 Å². The number of halogens is 2. The van der Waals surface area contributed by atoms with E-state index in [2.05, 4.69) is 0 Å². The minimum absolute atomic E-state index is 0.122. The first-order chi connectivity index (χ1) is 12.9. The number of nitro groups is 1. The van der Waals surface area contributed by atoms with Crippen molar-refractivity contribution < 1.29 is 9.72 Å². The smallest absolute Gasteiger partial charge is 0.270 e. The van der Waals surface area contributed by atoms with Crippen LogP contribution in [0.3, 0.4) is 0 Å². The predicted molar refractivity (Wildman–Crippen MR) is 102 cm³/mol. The number of amides is 1. The molecule has 1 aliphatic rings. The Morgan fingerprint density at radius 2 is 1.78 bits per heavy atom. The molecule has 3 rings (SSSR count). The number of nitrogens with zero attached hydrogens (tertiary/aromatic N) is 4. The minimum Gasteiger partial charge on any atom is -0.367 e. The van der Waals surface area contributed by atoms with Crippen LogP contribution in [0.2, 0.25) is 10.0 Å². The number of piperazine rings is 1. The highest BCUT2D eigenvalue weighted by Crippen LogP contribution is 2.27. The number of carbonyl (C=O) groups excluding carboxylic acids is 1. The van der Waals surface area contributed by atoms with Gasteiger partial charge in [-0.05, 0) is 24.3 Å². The van der Waals surface area contributed by atoms with Gasteiger partial charge in [0.15, 0.2) is 0 Å². The van der Waals surface area contributed by atoms with Crippen LogP contribution in [0, 0.1) is 21.4 Å². The molecule has 0 atom stereocenters. The average molecular weight is 405 g/mol. The van der Waals surface area contributed by atoms with E-state index in [1.807, 2.05) is 11.0 Å². The summed E-state index contributed by atoms with van der Waals surface area (Å²) in [7, 11) is 0. The zero-order valence-corrected chi connectivity index (χ0v) is 15.6. The molecule has 0 N–H and O–H groups in total. The molecule has 0 spiro atoms. The molecule has 7 nitrogen and oxygen atoms in total. The van der Waals surface area contributed by atoms with Gasteiger partial charge in [-0.3, -0.25) is 14.9 Å². The maximum Gasteiger partial charge on any atom is 0.270 e. The second-order valence-corrected chi connectivity index (χ2v) is 6.79. The van der Waals surface area contributed by atoms with Crippen molar-refractivity contribution in [1.29, 1.82) is 5.26 Å². The summed E-state index contributed by atoms with van der Waals surface area (Å²) in [5.74, 6) is -0.141. The highest BCUT2D eigenvalue weighted by Gasteiger charge is 2.24. The highest BCUT2D eigenvalue weighted by atomic mass is 35.5. The van der Waals surface area contributed by atoms with Crippen molar-refractivity contribution in [2.45, 2.75) is 0 Å². The Bertz CT molecular complexity index is 950. The fourth-order valence-electron chi connectivity index (χ4n) is 2.97. The van der Waals surface area contributed by atoms with Crippen molar-refractivity contribution in [3.63, 3.8) is 0 Å². The van der Waals surface area contributed by atoms with Gasteiger partial charge in [-0.2, -0.15) is 5.26 Å². The summed E-state index contributed by atoms with van der Waals surface area (Å²) in [5, 5.41) is 20.9. The van der Waals surface area contributed by atoms with Gasteiger partial charge in [0, 0.05) is 43.9 Å². The SMILES string of the molecule is N#Cc1cc([N+](=O)[O-])ccc1N1CCN(C(=O)c2ccc(Cl)c(Cl)c2)CC1. The third-order valence-electron chi connectivity index (χ3n) is 4.39. The summed E-state index contributed by atoms with van der Waals surface area (Å²) < 4.78 is 0. The Hall–Kier alpha value is -2.82. The van der Waals surface area contributed by atoms with E-state index in [0.717, 1.165) is 0 Å². The van der Waals surface area contributed by atoms with Gasteiger partial charge in [0.05, 0.1) is 26.2 Å². The van der Waals surface area contributed by atoms with Crippen molar-refractivity contribution >= 4 is 40.5 Å². The molecule has 0 saturated carbocycles. The first-order valence-corrected chi connectivity index (χ1v) is 8.84. The molecule has 1 aliphatic heterocycles. The zero-order valence-electron chi connectivity index (χ0n) is 14.1. The van der Waals surface area contributed by atoms with Crippen LogP contribution in [0.1, 0.15) is 15.9 Å². The molecule has 0 aliphatic carbocycles. The molecule has 0 unspecified atom stereocenters. The standard InChI is InChI=1S/C18H14Cl2N4O3/c19-15-3-1-12(10-16(15)20)18(25)23-7-5-22(6-8-23)17-4-2-14(24(26)27)9-13(17)11-21/h1-4,9-10H,5-8H2. The first kappa shape index (κ1) is 19.0. The molecule has 9 heteroatoms. The molecule has 1 heterocycles. The van der Waals surface area contributed by atoms with E-state index >= 15 is 0 Å². The summed E-state index contributed by atoms with van der Waals surface area (Å²) in [4.78, 5) is 26.6. The largest absolute Gasteiger partial charge is 0.367 e.